The molecule has 0 spiro atoms. The second kappa shape index (κ2) is 3.61. The molecule has 2 rings (SSSR count). The molecule has 0 fully saturated rings. The molecule has 76 valence electrons. The van der Waals surface area contributed by atoms with Gasteiger partial charge in [-0.3, -0.25) is 9.36 Å². The number of nitrogen functional groups attached to an aromatic ring is 1. The molecule has 0 saturated heterocycles. The molecule has 1 aromatic heterocycles. The minimum Gasteiger partial charge on any atom is -0.394 e. The molecule has 0 saturated carbocycles. The molecule has 0 bridgehead atoms. The zero-order valence-electron chi connectivity index (χ0n) is 8.47. The van der Waals surface area contributed by atoms with E-state index < -0.39 is 0 Å². The van der Waals surface area contributed by atoms with E-state index in [0.717, 1.165) is 11.3 Å². The first-order valence-corrected chi connectivity index (χ1v) is 4.72. The highest BCUT2D eigenvalue weighted by Crippen LogP contribution is 2.08. The average Bonchev–Trinajstić information content (AvgIpc) is 2.22. The number of nitrogens with two attached hydrogens (primary N) is 1. The summed E-state index contributed by atoms with van der Waals surface area (Å²) >= 11 is 0. The van der Waals surface area contributed by atoms with Crippen LogP contribution in [-0.2, 0) is 0 Å². The van der Waals surface area contributed by atoms with Crippen LogP contribution in [0.4, 0.5) is 5.69 Å². The molecule has 1 heterocycles. The van der Waals surface area contributed by atoms with Crippen molar-refractivity contribution in [2.45, 2.75) is 6.92 Å². The van der Waals surface area contributed by atoms with E-state index in [1.165, 1.54) is 0 Å². The van der Waals surface area contributed by atoms with Crippen molar-refractivity contribution >= 4 is 5.69 Å². The fourth-order valence-corrected chi connectivity index (χ4v) is 1.49. The van der Waals surface area contributed by atoms with Crippen LogP contribution in [0, 0.1) is 6.92 Å². The van der Waals surface area contributed by atoms with Crippen LogP contribution in [0.15, 0.2) is 47.4 Å². The average molecular weight is 200 g/mol. The minimum atomic E-state index is -0.178. The summed E-state index contributed by atoms with van der Waals surface area (Å²) in [6, 6.07) is 11.1. The molecule has 2 aromatic rings. The standard InChI is InChI=1S/C12H12N2O/c1-9-4-2-5-10(8-9)14-7-3-6-11(13)12(14)15/h2-8H,13H2,1H3. The predicted molar refractivity (Wildman–Crippen MR) is 61.2 cm³/mol. The molecular formula is C12H12N2O. The summed E-state index contributed by atoms with van der Waals surface area (Å²) in [5.41, 5.74) is 7.60. The molecule has 0 unspecified atom stereocenters. The Kier molecular flexibility index (Phi) is 2.29. The van der Waals surface area contributed by atoms with Gasteiger partial charge >= 0.3 is 0 Å². The zero-order valence-corrected chi connectivity index (χ0v) is 8.47. The maximum atomic E-state index is 11.7. The van der Waals surface area contributed by atoms with Gasteiger partial charge in [-0.15, -0.1) is 0 Å². The van der Waals surface area contributed by atoms with Crippen molar-refractivity contribution in [1.82, 2.24) is 4.57 Å². The number of nitrogens with zero attached hydrogens (tertiary/aromatic N) is 1. The number of rotatable bonds is 1. The van der Waals surface area contributed by atoms with Crippen molar-refractivity contribution in [2.24, 2.45) is 0 Å². The van der Waals surface area contributed by atoms with E-state index in [1.807, 2.05) is 31.2 Å². The first kappa shape index (κ1) is 9.52. The van der Waals surface area contributed by atoms with E-state index in [0.29, 0.717) is 0 Å². The summed E-state index contributed by atoms with van der Waals surface area (Å²) in [5, 5.41) is 0. The summed E-state index contributed by atoms with van der Waals surface area (Å²) in [6.45, 7) is 1.99. The highest BCUT2D eigenvalue weighted by molar-refractivity contribution is 5.41. The topological polar surface area (TPSA) is 48.0 Å². The van der Waals surface area contributed by atoms with Crippen molar-refractivity contribution < 1.29 is 0 Å². The monoisotopic (exact) mass is 200 g/mol. The Morgan fingerprint density at radius 1 is 1.20 bits per heavy atom. The van der Waals surface area contributed by atoms with Crippen LogP contribution in [0.5, 0.6) is 0 Å². The van der Waals surface area contributed by atoms with Gasteiger partial charge in [0.05, 0.1) is 5.69 Å². The lowest BCUT2D eigenvalue weighted by Crippen LogP contribution is -2.20. The maximum Gasteiger partial charge on any atom is 0.278 e. The zero-order chi connectivity index (χ0) is 10.8. The number of aromatic nitrogens is 1. The Morgan fingerprint density at radius 3 is 2.73 bits per heavy atom. The van der Waals surface area contributed by atoms with Crippen molar-refractivity contribution in [1.29, 1.82) is 0 Å². The number of benzene rings is 1. The Hall–Kier alpha value is -2.03. The predicted octanol–water partition coefficient (Wildman–Crippen LogP) is 1.73. The van der Waals surface area contributed by atoms with Gasteiger partial charge in [-0.1, -0.05) is 12.1 Å². The molecule has 0 radical (unpaired) electrons. The molecular weight excluding hydrogens is 188 g/mol. The second-order valence-electron chi connectivity index (χ2n) is 3.48. The van der Waals surface area contributed by atoms with Gasteiger partial charge in [-0.25, -0.2) is 0 Å². The van der Waals surface area contributed by atoms with Crippen LogP contribution in [-0.4, -0.2) is 4.57 Å². The molecule has 0 amide bonds. The largest absolute Gasteiger partial charge is 0.394 e. The summed E-state index contributed by atoms with van der Waals surface area (Å²) in [5.74, 6) is 0. The Morgan fingerprint density at radius 2 is 2.00 bits per heavy atom. The summed E-state index contributed by atoms with van der Waals surface area (Å²) < 4.78 is 1.54. The molecule has 1 aromatic carbocycles. The number of anilines is 1. The third-order valence-corrected chi connectivity index (χ3v) is 2.26. The first-order valence-electron chi connectivity index (χ1n) is 4.72. The Labute approximate surface area is 87.8 Å². The number of hydrogen-bond acceptors (Lipinski definition) is 2. The van der Waals surface area contributed by atoms with E-state index >= 15 is 0 Å². The maximum absolute atomic E-state index is 11.7. The van der Waals surface area contributed by atoms with Crippen LogP contribution in [0.2, 0.25) is 0 Å². The number of aryl methyl sites for hydroxylation is 1. The SMILES string of the molecule is Cc1cccc(-n2cccc(N)c2=O)c1. The number of pyridine rings is 1. The second-order valence-corrected chi connectivity index (χ2v) is 3.48. The molecule has 0 aliphatic carbocycles. The number of hydrogen-bond donors (Lipinski definition) is 1. The summed E-state index contributed by atoms with van der Waals surface area (Å²) in [6.07, 6.45) is 1.72. The van der Waals surface area contributed by atoms with Gasteiger partial charge in [0.2, 0.25) is 0 Å². The Balaban J connectivity index is 2.65. The molecule has 0 aliphatic rings. The van der Waals surface area contributed by atoms with Gasteiger partial charge in [0.25, 0.3) is 5.56 Å². The molecule has 15 heavy (non-hydrogen) atoms. The molecule has 3 nitrogen and oxygen atoms in total. The molecule has 2 N–H and O–H groups in total. The summed E-state index contributed by atoms with van der Waals surface area (Å²) in [7, 11) is 0. The lowest BCUT2D eigenvalue weighted by atomic mass is 10.2. The van der Waals surface area contributed by atoms with Gasteiger partial charge in [-0.2, -0.15) is 0 Å². The summed E-state index contributed by atoms with van der Waals surface area (Å²) in [4.78, 5) is 11.7. The van der Waals surface area contributed by atoms with E-state index in [4.69, 9.17) is 5.73 Å². The fraction of sp³-hybridized carbons (Fsp3) is 0.0833. The van der Waals surface area contributed by atoms with Crippen molar-refractivity contribution in [3.8, 4) is 5.69 Å². The van der Waals surface area contributed by atoms with Crippen LogP contribution in [0.1, 0.15) is 5.56 Å². The normalized spacial score (nSPS) is 10.2. The lowest BCUT2D eigenvalue weighted by Gasteiger charge is -2.06. The van der Waals surface area contributed by atoms with Crippen molar-refractivity contribution in [2.75, 3.05) is 5.73 Å². The minimum absolute atomic E-state index is 0.178. The molecule has 0 aliphatic heterocycles. The first-order chi connectivity index (χ1) is 7.18. The van der Waals surface area contributed by atoms with Gasteiger partial charge < -0.3 is 5.73 Å². The fourth-order valence-electron chi connectivity index (χ4n) is 1.49. The van der Waals surface area contributed by atoms with Gasteiger partial charge in [0, 0.05) is 11.9 Å². The van der Waals surface area contributed by atoms with E-state index in [1.54, 1.807) is 22.9 Å². The van der Waals surface area contributed by atoms with Crippen LogP contribution < -0.4 is 11.3 Å². The van der Waals surface area contributed by atoms with Crippen molar-refractivity contribution in [3.05, 3.63) is 58.5 Å². The third-order valence-electron chi connectivity index (χ3n) is 2.26. The molecule has 3 heteroatoms. The van der Waals surface area contributed by atoms with Gasteiger partial charge in [0.15, 0.2) is 0 Å². The van der Waals surface area contributed by atoms with Crippen molar-refractivity contribution in [3.63, 3.8) is 0 Å². The van der Waals surface area contributed by atoms with E-state index in [-0.39, 0.29) is 11.2 Å². The lowest BCUT2D eigenvalue weighted by molar-refractivity contribution is 0.992. The smallest absolute Gasteiger partial charge is 0.278 e. The van der Waals surface area contributed by atoms with Crippen LogP contribution >= 0.6 is 0 Å². The quantitative estimate of drug-likeness (QED) is 0.762. The highest BCUT2D eigenvalue weighted by Gasteiger charge is 2.01. The van der Waals surface area contributed by atoms with E-state index in [9.17, 15) is 4.79 Å². The Bertz CT molecular complexity index is 543. The molecule has 0 atom stereocenters. The highest BCUT2D eigenvalue weighted by atomic mass is 16.1. The van der Waals surface area contributed by atoms with Crippen LogP contribution in [0.3, 0.4) is 0 Å². The van der Waals surface area contributed by atoms with Gasteiger partial charge in [-0.05, 0) is 36.8 Å². The van der Waals surface area contributed by atoms with Gasteiger partial charge in [0.1, 0.15) is 0 Å². The van der Waals surface area contributed by atoms with E-state index in [2.05, 4.69) is 0 Å². The van der Waals surface area contributed by atoms with Crippen LogP contribution in [0.25, 0.3) is 5.69 Å². The third kappa shape index (κ3) is 1.76.